The van der Waals surface area contributed by atoms with Gasteiger partial charge in [-0.3, -0.25) is 4.79 Å². The molecule has 112 valence electrons. The van der Waals surface area contributed by atoms with Crippen LogP contribution in [0.3, 0.4) is 0 Å². The summed E-state index contributed by atoms with van der Waals surface area (Å²) in [4.78, 5) is 12.5. The van der Waals surface area contributed by atoms with Crippen molar-refractivity contribution in [2.75, 3.05) is 7.11 Å². The smallest absolute Gasteiger partial charge is 0.258 e. The van der Waals surface area contributed by atoms with Crippen LogP contribution in [0, 0.1) is 6.92 Å². The molecule has 2 rings (SSSR count). The molecule has 1 heterocycles. The van der Waals surface area contributed by atoms with E-state index in [2.05, 4.69) is 0 Å². The predicted octanol–water partition coefficient (Wildman–Crippen LogP) is 3.29. The molecular weight excluding hydrogens is 266 g/mol. The van der Waals surface area contributed by atoms with Crippen LogP contribution in [-0.4, -0.2) is 16.8 Å². The lowest BCUT2D eigenvalue weighted by Crippen LogP contribution is -2.36. The second-order valence-electron chi connectivity index (χ2n) is 6.08. The summed E-state index contributed by atoms with van der Waals surface area (Å²) >= 11 is 0. The highest BCUT2D eigenvalue weighted by atomic mass is 16.5. The Kier molecular flexibility index (Phi) is 3.81. The van der Waals surface area contributed by atoms with Crippen LogP contribution in [0.15, 0.2) is 35.1 Å². The third-order valence-electron chi connectivity index (χ3n) is 3.48. The Balaban J connectivity index is 2.75. The van der Waals surface area contributed by atoms with Crippen LogP contribution in [0.2, 0.25) is 0 Å². The molecule has 0 saturated carbocycles. The number of rotatable bonds is 2. The first-order valence-electron chi connectivity index (χ1n) is 6.86. The molecule has 4 heteroatoms. The lowest BCUT2D eigenvalue weighted by Gasteiger charge is -2.27. The number of aromatic hydroxyl groups is 1. The van der Waals surface area contributed by atoms with E-state index >= 15 is 0 Å². The Bertz CT molecular complexity index is 707. The highest BCUT2D eigenvalue weighted by Gasteiger charge is 2.22. The summed E-state index contributed by atoms with van der Waals surface area (Å²) in [5.41, 5.74) is 1.36. The zero-order chi connectivity index (χ0) is 15.8. The summed E-state index contributed by atoms with van der Waals surface area (Å²) in [6.45, 7) is 7.55. The van der Waals surface area contributed by atoms with Gasteiger partial charge in [0.2, 0.25) is 0 Å². The highest BCUT2D eigenvalue weighted by Crippen LogP contribution is 2.29. The number of hydrogen-bond acceptors (Lipinski definition) is 3. The van der Waals surface area contributed by atoms with E-state index in [9.17, 15) is 9.90 Å². The van der Waals surface area contributed by atoms with Gasteiger partial charge in [0.25, 0.3) is 5.56 Å². The van der Waals surface area contributed by atoms with E-state index in [4.69, 9.17) is 4.74 Å². The second-order valence-corrected chi connectivity index (χ2v) is 6.08. The van der Waals surface area contributed by atoms with E-state index < -0.39 is 0 Å². The van der Waals surface area contributed by atoms with Crippen molar-refractivity contribution in [3.63, 3.8) is 0 Å². The molecule has 21 heavy (non-hydrogen) atoms. The van der Waals surface area contributed by atoms with Crippen molar-refractivity contribution in [1.29, 1.82) is 0 Å². The molecule has 0 aliphatic carbocycles. The Morgan fingerprint density at radius 3 is 2.19 bits per heavy atom. The van der Waals surface area contributed by atoms with E-state index in [1.54, 1.807) is 24.7 Å². The largest absolute Gasteiger partial charge is 0.507 e. The number of pyridine rings is 1. The maximum Gasteiger partial charge on any atom is 0.258 e. The van der Waals surface area contributed by atoms with Crippen molar-refractivity contribution in [2.24, 2.45) is 0 Å². The van der Waals surface area contributed by atoms with Crippen LogP contribution in [-0.2, 0) is 5.54 Å². The quantitative estimate of drug-likeness (QED) is 0.922. The van der Waals surface area contributed by atoms with E-state index in [1.807, 2.05) is 45.0 Å². The number of methoxy groups -OCH3 is 1. The normalized spacial score (nSPS) is 11.5. The standard InChI is InChI=1S/C17H21NO3/c1-11-15(19)10-14(18(16(11)20)17(2,3)4)12-6-8-13(21-5)9-7-12/h6-10,19H,1-5H3. The first kappa shape index (κ1) is 15.2. The number of aromatic nitrogens is 1. The summed E-state index contributed by atoms with van der Waals surface area (Å²) in [6.07, 6.45) is 0. The fourth-order valence-electron chi connectivity index (χ4n) is 2.33. The minimum Gasteiger partial charge on any atom is -0.507 e. The van der Waals surface area contributed by atoms with Crippen LogP contribution < -0.4 is 10.3 Å². The number of ether oxygens (including phenoxy) is 1. The number of nitrogens with zero attached hydrogens (tertiary/aromatic N) is 1. The van der Waals surface area contributed by atoms with Gasteiger partial charge in [-0.05, 0) is 57.5 Å². The van der Waals surface area contributed by atoms with Crippen molar-refractivity contribution < 1.29 is 9.84 Å². The molecule has 0 saturated heterocycles. The van der Waals surface area contributed by atoms with Gasteiger partial charge in [-0.15, -0.1) is 0 Å². The van der Waals surface area contributed by atoms with Crippen molar-refractivity contribution >= 4 is 0 Å². The molecule has 0 fully saturated rings. The maximum atomic E-state index is 12.5. The van der Waals surface area contributed by atoms with Crippen molar-refractivity contribution in [3.8, 4) is 22.8 Å². The summed E-state index contributed by atoms with van der Waals surface area (Å²) in [7, 11) is 1.61. The minimum atomic E-state index is -0.384. The van der Waals surface area contributed by atoms with Crippen LogP contribution in [0.4, 0.5) is 0 Å². The van der Waals surface area contributed by atoms with Gasteiger partial charge in [-0.2, -0.15) is 0 Å². The summed E-state index contributed by atoms with van der Waals surface area (Å²) in [6, 6.07) is 9.08. The molecule has 0 spiro atoms. The Hall–Kier alpha value is -2.23. The fourth-order valence-corrected chi connectivity index (χ4v) is 2.33. The SMILES string of the molecule is COc1ccc(-c2cc(O)c(C)c(=O)n2C(C)(C)C)cc1. The molecule has 0 radical (unpaired) electrons. The van der Waals surface area contributed by atoms with Gasteiger partial charge in [0.1, 0.15) is 11.5 Å². The number of hydrogen-bond donors (Lipinski definition) is 1. The average Bonchev–Trinajstić information content (AvgIpc) is 2.43. The minimum absolute atomic E-state index is 0.0197. The van der Waals surface area contributed by atoms with Crippen molar-refractivity contribution in [2.45, 2.75) is 33.2 Å². The first-order valence-corrected chi connectivity index (χ1v) is 6.86. The van der Waals surface area contributed by atoms with E-state index in [0.29, 0.717) is 11.3 Å². The van der Waals surface area contributed by atoms with Crippen LogP contribution >= 0.6 is 0 Å². The molecule has 4 nitrogen and oxygen atoms in total. The summed E-state index contributed by atoms with van der Waals surface area (Å²) in [5.74, 6) is 0.769. The maximum absolute atomic E-state index is 12.5. The van der Waals surface area contributed by atoms with Gasteiger partial charge >= 0.3 is 0 Å². The fraction of sp³-hybridized carbons (Fsp3) is 0.353. The molecular formula is C17H21NO3. The summed E-state index contributed by atoms with van der Waals surface area (Å²) < 4.78 is 6.86. The van der Waals surface area contributed by atoms with Crippen molar-refractivity contribution in [3.05, 3.63) is 46.2 Å². The Morgan fingerprint density at radius 2 is 1.71 bits per heavy atom. The molecule has 0 amide bonds. The second kappa shape index (κ2) is 5.28. The van der Waals surface area contributed by atoms with E-state index in [-0.39, 0.29) is 16.8 Å². The van der Waals surface area contributed by atoms with Crippen molar-refractivity contribution in [1.82, 2.24) is 4.57 Å². The van der Waals surface area contributed by atoms with Crippen LogP contribution in [0.25, 0.3) is 11.3 Å². The van der Waals surface area contributed by atoms with Gasteiger partial charge in [0.05, 0.1) is 18.4 Å². The molecule has 1 N–H and O–H groups in total. The van der Waals surface area contributed by atoms with E-state index in [1.165, 1.54) is 0 Å². The molecule has 0 unspecified atom stereocenters. The zero-order valence-electron chi connectivity index (χ0n) is 13.1. The average molecular weight is 287 g/mol. The lowest BCUT2D eigenvalue weighted by molar-refractivity contribution is 0.382. The summed E-state index contributed by atoms with van der Waals surface area (Å²) in [5, 5.41) is 10.00. The monoisotopic (exact) mass is 287 g/mol. The first-order chi connectivity index (χ1) is 9.75. The Labute approximate surface area is 124 Å². The predicted molar refractivity (Wildman–Crippen MR) is 84.1 cm³/mol. The topological polar surface area (TPSA) is 51.5 Å². The Morgan fingerprint density at radius 1 is 1.14 bits per heavy atom. The van der Waals surface area contributed by atoms with Crippen LogP contribution in [0.5, 0.6) is 11.5 Å². The van der Waals surface area contributed by atoms with Gasteiger partial charge in [-0.1, -0.05) is 0 Å². The molecule has 0 bridgehead atoms. The lowest BCUT2D eigenvalue weighted by atomic mass is 10.0. The van der Waals surface area contributed by atoms with Crippen LogP contribution in [0.1, 0.15) is 26.3 Å². The van der Waals surface area contributed by atoms with Gasteiger partial charge < -0.3 is 14.4 Å². The third-order valence-corrected chi connectivity index (χ3v) is 3.48. The molecule has 0 aliphatic rings. The molecule has 2 aromatic rings. The highest BCUT2D eigenvalue weighted by molar-refractivity contribution is 5.63. The number of benzene rings is 1. The molecule has 1 aromatic heterocycles. The molecule has 1 aromatic carbocycles. The van der Waals surface area contributed by atoms with E-state index in [0.717, 1.165) is 11.3 Å². The van der Waals surface area contributed by atoms with Gasteiger partial charge in [0, 0.05) is 11.6 Å². The third kappa shape index (κ3) is 2.79. The van der Waals surface area contributed by atoms with Gasteiger partial charge in [0.15, 0.2) is 0 Å². The molecule has 0 atom stereocenters. The zero-order valence-corrected chi connectivity index (χ0v) is 13.1. The molecule has 0 aliphatic heterocycles. The van der Waals surface area contributed by atoms with Gasteiger partial charge in [-0.25, -0.2) is 0 Å².